The molecule has 0 unspecified atom stereocenters. The first kappa shape index (κ1) is 21.8. The van der Waals surface area contributed by atoms with E-state index in [4.69, 9.17) is 10.5 Å². The fraction of sp³-hybridized carbons (Fsp3) is 0.150. The highest BCUT2D eigenvalue weighted by molar-refractivity contribution is 5.99. The number of carbonyl (C=O) groups excluding carboxylic acids is 1. The second kappa shape index (κ2) is 9.30. The third kappa shape index (κ3) is 6.06. The monoisotopic (exact) mass is 432 g/mol. The molecule has 0 saturated heterocycles. The van der Waals surface area contributed by atoms with Gasteiger partial charge in [-0.3, -0.25) is 0 Å². The normalized spacial score (nSPS) is 11.0. The number of rotatable bonds is 6. The maximum Gasteiger partial charge on any atom is 0.416 e. The lowest BCUT2D eigenvalue weighted by atomic mass is 10.1. The lowest BCUT2D eigenvalue weighted by molar-refractivity contribution is -0.137. The SMILES string of the molecule is CNc1cc(Oc2ccc(NC(=O)Nc3cc(CN)cc(C(F)(F)F)c3)cc2)ncn1. The van der Waals surface area contributed by atoms with Crippen molar-refractivity contribution in [3.05, 3.63) is 66.0 Å². The second-order valence-electron chi connectivity index (χ2n) is 6.32. The van der Waals surface area contributed by atoms with Crippen LogP contribution in [0.2, 0.25) is 0 Å². The number of hydrogen-bond donors (Lipinski definition) is 4. The third-order valence-corrected chi connectivity index (χ3v) is 4.05. The van der Waals surface area contributed by atoms with E-state index in [1.807, 2.05) is 0 Å². The van der Waals surface area contributed by atoms with E-state index in [0.29, 0.717) is 23.1 Å². The van der Waals surface area contributed by atoms with Crippen LogP contribution in [0.5, 0.6) is 11.6 Å². The van der Waals surface area contributed by atoms with Crippen molar-refractivity contribution in [2.75, 3.05) is 23.0 Å². The Bertz CT molecular complexity index is 1060. The van der Waals surface area contributed by atoms with Crippen LogP contribution < -0.4 is 26.4 Å². The Morgan fingerprint density at radius 3 is 2.39 bits per heavy atom. The minimum Gasteiger partial charge on any atom is -0.439 e. The summed E-state index contributed by atoms with van der Waals surface area (Å²) in [7, 11) is 1.72. The molecule has 0 radical (unpaired) electrons. The molecule has 5 N–H and O–H groups in total. The number of alkyl halides is 3. The summed E-state index contributed by atoms with van der Waals surface area (Å²) in [6.45, 7) is -0.0934. The van der Waals surface area contributed by atoms with E-state index in [1.165, 1.54) is 12.4 Å². The molecule has 2 aromatic carbocycles. The molecule has 0 bridgehead atoms. The van der Waals surface area contributed by atoms with Crippen LogP contribution in [0, 0.1) is 0 Å². The van der Waals surface area contributed by atoms with Crippen LogP contribution in [0.15, 0.2) is 54.9 Å². The van der Waals surface area contributed by atoms with Crippen LogP contribution in [0.3, 0.4) is 0 Å². The van der Waals surface area contributed by atoms with Crippen molar-refractivity contribution in [3.63, 3.8) is 0 Å². The number of nitrogens with one attached hydrogen (secondary N) is 3. The van der Waals surface area contributed by atoms with E-state index in [9.17, 15) is 18.0 Å². The first-order valence-electron chi connectivity index (χ1n) is 9.04. The zero-order valence-electron chi connectivity index (χ0n) is 16.3. The smallest absolute Gasteiger partial charge is 0.416 e. The number of ether oxygens (including phenoxy) is 1. The van der Waals surface area contributed by atoms with Crippen molar-refractivity contribution >= 4 is 23.2 Å². The molecule has 31 heavy (non-hydrogen) atoms. The first-order valence-corrected chi connectivity index (χ1v) is 9.04. The first-order chi connectivity index (χ1) is 14.8. The zero-order valence-corrected chi connectivity index (χ0v) is 16.3. The van der Waals surface area contributed by atoms with Gasteiger partial charge >= 0.3 is 12.2 Å². The van der Waals surface area contributed by atoms with Gasteiger partial charge in [0.1, 0.15) is 17.9 Å². The Labute approximate surface area is 175 Å². The van der Waals surface area contributed by atoms with Gasteiger partial charge in [-0.25, -0.2) is 14.8 Å². The van der Waals surface area contributed by atoms with Crippen molar-refractivity contribution in [2.45, 2.75) is 12.7 Å². The largest absolute Gasteiger partial charge is 0.439 e. The molecule has 162 valence electrons. The van der Waals surface area contributed by atoms with Gasteiger partial charge in [-0.2, -0.15) is 13.2 Å². The number of urea groups is 1. The van der Waals surface area contributed by atoms with Crippen LogP contribution in [-0.2, 0) is 12.7 Å². The molecule has 2 amide bonds. The van der Waals surface area contributed by atoms with E-state index in [1.54, 1.807) is 37.4 Å². The molecule has 0 saturated carbocycles. The molecule has 0 spiro atoms. The average Bonchev–Trinajstić information content (AvgIpc) is 2.74. The standard InChI is InChI=1S/C20H19F3N6O2/c1-25-17-9-18(27-11-26-17)31-16-4-2-14(3-5-16)28-19(30)29-15-7-12(10-24)6-13(8-15)20(21,22)23/h2-9,11H,10,24H2,1H3,(H,25,26,27)(H2,28,29,30). The number of halogens is 3. The van der Waals surface area contributed by atoms with Gasteiger partial charge in [0.05, 0.1) is 5.56 Å². The Morgan fingerprint density at radius 2 is 1.74 bits per heavy atom. The number of hydrogen-bond acceptors (Lipinski definition) is 6. The summed E-state index contributed by atoms with van der Waals surface area (Å²) in [5.74, 6) is 1.39. The number of amides is 2. The number of nitrogens with two attached hydrogens (primary N) is 1. The van der Waals surface area contributed by atoms with Crippen LogP contribution >= 0.6 is 0 Å². The number of benzene rings is 2. The zero-order chi connectivity index (χ0) is 22.4. The van der Waals surface area contributed by atoms with Gasteiger partial charge in [0.25, 0.3) is 0 Å². The van der Waals surface area contributed by atoms with Gasteiger partial charge in [0.15, 0.2) is 0 Å². The molecule has 1 aromatic heterocycles. The minimum absolute atomic E-state index is 0.0168. The Hall–Kier alpha value is -3.86. The quantitative estimate of drug-likeness (QED) is 0.458. The number of aromatic nitrogens is 2. The highest BCUT2D eigenvalue weighted by Gasteiger charge is 2.31. The van der Waals surface area contributed by atoms with Gasteiger partial charge in [-0.1, -0.05) is 0 Å². The molecule has 0 atom stereocenters. The van der Waals surface area contributed by atoms with Crippen molar-refractivity contribution in [1.29, 1.82) is 0 Å². The summed E-state index contributed by atoms with van der Waals surface area (Å²) in [4.78, 5) is 20.2. The number of carbonyl (C=O) groups is 1. The molecule has 1 heterocycles. The van der Waals surface area contributed by atoms with E-state index in [2.05, 4.69) is 25.9 Å². The van der Waals surface area contributed by atoms with Crippen LogP contribution in [0.1, 0.15) is 11.1 Å². The lowest BCUT2D eigenvalue weighted by Gasteiger charge is -2.13. The molecular formula is C20H19F3N6O2. The predicted molar refractivity (Wildman–Crippen MR) is 110 cm³/mol. The fourth-order valence-electron chi connectivity index (χ4n) is 2.60. The van der Waals surface area contributed by atoms with Crippen molar-refractivity contribution in [1.82, 2.24) is 9.97 Å². The van der Waals surface area contributed by atoms with Crippen molar-refractivity contribution in [3.8, 4) is 11.6 Å². The molecular weight excluding hydrogens is 413 g/mol. The van der Waals surface area contributed by atoms with Gasteiger partial charge in [0, 0.05) is 31.0 Å². The Kier molecular flexibility index (Phi) is 6.55. The van der Waals surface area contributed by atoms with Crippen molar-refractivity contribution in [2.24, 2.45) is 5.73 Å². The van der Waals surface area contributed by atoms with Crippen LogP contribution in [0.25, 0.3) is 0 Å². The molecule has 8 nitrogen and oxygen atoms in total. The summed E-state index contributed by atoms with van der Waals surface area (Å²) in [5.41, 5.74) is 5.20. The topological polar surface area (TPSA) is 114 Å². The molecule has 3 rings (SSSR count). The maximum absolute atomic E-state index is 13.0. The summed E-state index contributed by atoms with van der Waals surface area (Å²) in [6.07, 6.45) is -3.20. The van der Waals surface area contributed by atoms with E-state index in [0.717, 1.165) is 12.1 Å². The Balaban J connectivity index is 1.64. The van der Waals surface area contributed by atoms with Crippen molar-refractivity contribution < 1.29 is 22.7 Å². The van der Waals surface area contributed by atoms with Gasteiger partial charge in [-0.15, -0.1) is 0 Å². The molecule has 0 aliphatic heterocycles. The van der Waals surface area contributed by atoms with E-state index >= 15 is 0 Å². The summed E-state index contributed by atoms with van der Waals surface area (Å²) in [5, 5.41) is 7.79. The van der Waals surface area contributed by atoms with E-state index in [-0.39, 0.29) is 17.8 Å². The highest BCUT2D eigenvalue weighted by atomic mass is 19.4. The predicted octanol–water partition coefficient (Wildman–Crippen LogP) is 4.43. The maximum atomic E-state index is 13.0. The molecule has 0 aliphatic rings. The lowest BCUT2D eigenvalue weighted by Crippen LogP contribution is -2.20. The average molecular weight is 432 g/mol. The minimum atomic E-state index is -4.55. The second-order valence-corrected chi connectivity index (χ2v) is 6.32. The van der Waals surface area contributed by atoms with Gasteiger partial charge in [-0.05, 0) is 48.0 Å². The molecule has 11 heteroatoms. The summed E-state index contributed by atoms with van der Waals surface area (Å²) >= 11 is 0. The van der Waals surface area contributed by atoms with Crippen LogP contribution in [-0.4, -0.2) is 23.0 Å². The molecule has 0 fully saturated rings. The highest BCUT2D eigenvalue weighted by Crippen LogP contribution is 2.32. The van der Waals surface area contributed by atoms with Gasteiger partial charge < -0.3 is 26.4 Å². The fourth-order valence-corrected chi connectivity index (χ4v) is 2.60. The van der Waals surface area contributed by atoms with E-state index < -0.39 is 17.8 Å². The van der Waals surface area contributed by atoms with Crippen LogP contribution in [0.4, 0.5) is 35.2 Å². The van der Waals surface area contributed by atoms with Gasteiger partial charge in [0.2, 0.25) is 5.88 Å². The molecule has 3 aromatic rings. The number of anilines is 3. The third-order valence-electron chi connectivity index (χ3n) is 4.05. The summed E-state index contributed by atoms with van der Waals surface area (Å²) in [6, 6.07) is 10.4. The Morgan fingerprint density at radius 1 is 1.03 bits per heavy atom. The molecule has 0 aliphatic carbocycles. The summed E-state index contributed by atoms with van der Waals surface area (Å²) < 4.78 is 44.6. The number of nitrogens with zero attached hydrogens (tertiary/aromatic N) is 2.